The van der Waals surface area contributed by atoms with Crippen LogP contribution in [0.2, 0.25) is 0 Å². The van der Waals surface area contributed by atoms with E-state index in [1.807, 2.05) is 0 Å². The van der Waals surface area contributed by atoms with Crippen molar-refractivity contribution < 1.29 is 9.72 Å². The van der Waals surface area contributed by atoms with Crippen LogP contribution in [0.1, 0.15) is 44.1 Å². The first kappa shape index (κ1) is 16.3. The standard InChI is InChI=1S/C16H23N3O3/c1-12-14(9-6-10-15(12)19(21)22)17-11-16(20)18-13-7-4-2-3-5-8-13/h6,9-10,13,17H,2-5,7-8,11H2,1H3,(H,18,20). The van der Waals surface area contributed by atoms with Gasteiger partial charge in [-0.05, 0) is 25.8 Å². The highest BCUT2D eigenvalue weighted by Gasteiger charge is 2.16. The van der Waals surface area contributed by atoms with Crippen LogP contribution in [-0.2, 0) is 4.79 Å². The molecule has 1 saturated carbocycles. The number of nitro groups is 1. The van der Waals surface area contributed by atoms with Crippen LogP contribution in [-0.4, -0.2) is 23.4 Å². The van der Waals surface area contributed by atoms with Crippen LogP contribution in [0, 0.1) is 17.0 Å². The van der Waals surface area contributed by atoms with E-state index in [9.17, 15) is 14.9 Å². The number of carbonyl (C=O) groups is 1. The van der Waals surface area contributed by atoms with Gasteiger partial charge in [-0.3, -0.25) is 14.9 Å². The van der Waals surface area contributed by atoms with Crippen molar-refractivity contribution in [2.45, 2.75) is 51.5 Å². The van der Waals surface area contributed by atoms with Gasteiger partial charge in [-0.1, -0.05) is 31.7 Å². The Morgan fingerprint density at radius 1 is 1.27 bits per heavy atom. The number of rotatable bonds is 5. The summed E-state index contributed by atoms with van der Waals surface area (Å²) in [4.78, 5) is 22.5. The summed E-state index contributed by atoms with van der Waals surface area (Å²) in [5.41, 5.74) is 1.24. The molecule has 0 bridgehead atoms. The molecule has 1 aliphatic rings. The third-order valence-corrected chi connectivity index (χ3v) is 4.16. The summed E-state index contributed by atoms with van der Waals surface area (Å²) in [5, 5.41) is 17.0. The number of benzene rings is 1. The predicted octanol–water partition coefficient (Wildman–Crippen LogP) is 3.15. The molecule has 120 valence electrons. The normalized spacial score (nSPS) is 15.9. The van der Waals surface area contributed by atoms with Gasteiger partial charge in [0.1, 0.15) is 0 Å². The Morgan fingerprint density at radius 2 is 1.95 bits per heavy atom. The molecular weight excluding hydrogens is 282 g/mol. The van der Waals surface area contributed by atoms with Crippen molar-refractivity contribution in [3.63, 3.8) is 0 Å². The van der Waals surface area contributed by atoms with Crippen molar-refractivity contribution in [1.29, 1.82) is 0 Å². The summed E-state index contributed by atoms with van der Waals surface area (Å²) in [7, 11) is 0. The molecule has 0 saturated heterocycles. The molecule has 1 aromatic rings. The lowest BCUT2D eigenvalue weighted by Gasteiger charge is -2.17. The molecule has 0 unspecified atom stereocenters. The maximum absolute atomic E-state index is 12.0. The maximum Gasteiger partial charge on any atom is 0.274 e. The van der Waals surface area contributed by atoms with Gasteiger partial charge in [0, 0.05) is 23.4 Å². The molecule has 0 atom stereocenters. The highest BCUT2D eigenvalue weighted by Crippen LogP contribution is 2.24. The first-order valence-corrected chi connectivity index (χ1v) is 7.85. The number of nitrogens with one attached hydrogen (secondary N) is 2. The maximum atomic E-state index is 12.0. The van der Waals surface area contributed by atoms with Crippen molar-refractivity contribution in [2.75, 3.05) is 11.9 Å². The van der Waals surface area contributed by atoms with Crippen LogP contribution in [0.25, 0.3) is 0 Å². The molecule has 6 heteroatoms. The van der Waals surface area contributed by atoms with Crippen LogP contribution in [0.4, 0.5) is 11.4 Å². The van der Waals surface area contributed by atoms with Crippen molar-refractivity contribution in [2.24, 2.45) is 0 Å². The molecule has 6 nitrogen and oxygen atoms in total. The summed E-state index contributed by atoms with van der Waals surface area (Å²) >= 11 is 0. The second-order valence-electron chi connectivity index (χ2n) is 5.82. The van der Waals surface area contributed by atoms with E-state index >= 15 is 0 Å². The number of hydrogen-bond donors (Lipinski definition) is 2. The Kier molecular flexibility index (Phi) is 5.75. The van der Waals surface area contributed by atoms with Crippen LogP contribution in [0.5, 0.6) is 0 Å². The highest BCUT2D eigenvalue weighted by atomic mass is 16.6. The predicted molar refractivity (Wildman–Crippen MR) is 86.0 cm³/mol. The molecule has 1 aromatic carbocycles. The van der Waals surface area contributed by atoms with Gasteiger partial charge in [-0.15, -0.1) is 0 Å². The topological polar surface area (TPSA) is 84.3 Å². The van der Waals surface area contributed by atoms with Gasteiger partial charge in [0.25, 0.3) is 5.69 Å². The lowest BCUT2D eigenvalue weighted by Crippen LogP contribution is -2.38. The fourth-order valence-corrected chi connectivity index (χ4v) is 2.89. The Labute approximate surface area is 130 Å². The van der Waals surface area contributed by atoms with Crippen LogP contribution >= 0.6 is 0 Å². The third-order valence-electron chi connectivity index (χ3n) is 4.16. The summed E-state index contributed by atoms with van der Waals surface area (Å²) < 4.78 is 0. The van der Waals surface area contributed by atoms with E-state index in [0.29, 0.717) is 11.3 Å². The van der Waals surface area contributed by atoms with E-state index < -0.39 is 4.92 Å². The van der Waals surface area contributed by atoms with Crippen molar-refractivity contribution in [3.05, 3.63) is 33.9 Å². The molecule has 1 amide bonds. The van der Waals surface area contributed by atoms with Gasteiger partial charge in [-0.25, -0.2) is 0 Å². The number of anilines is 1. The average molecular weight is 305 g/mol. The number of carbonyl (C=O) groups excluding carboxylic acids is 1. The van der Waals surface area contributed by atoms with E-state index in [1.165, 1.54) is 31.7 Å². The second kappa shape index (κ2) is 7.77. The molecule has 1 fully saturated rings. The minimum absolute atomic E-state index is 0.0576. The zero-order chi connectivity index (χ0) is 15.9. The molecule has 2 N–H and O–H groups in total. The van der Waals surface area contributed by atoms with Crippen LogP contribution in [0.3, 0.4) is 0 Å². The Balaban J connectivity index is 1.88. The van der Waals surface area contributed by atoms with Gasteiger partial charge in [-0.2, -0.15) is 0 Å². The Hall–Kier alpha value is -2.11. The molecular formula is C16H23N3O3. The summed E-state index contributed by atoms with van der Waals surface area (Å²) in [6, 6.07) is 5.10. The van der Waals surface area contributed by atoms with Crippen LogP contribution in [0.15, 0.2) is 18.2 Å². The summed E-state index contributed by atoms with van der Waals surface area (Å²) in [6.45, 7) is 1.82. The van der Waals surface area contributed by atoms with Crippen molar-refractivity contribution >= 4 is 17.3 Å². The molecule has 0 spiro atoms. The van der Waals surface area contributed by atoms with Gasteiger partial charge in [0.2, 0.25) is 5.91 Å². The average Bonchev–Trinajstić information content (AvgIpc) is 2.74. The zero-order valence-electron chi connectivity index (χ0n) is 12.9. The van der Waals surface area contributed by atoms with Gasteiger partial charge >= 0.3 is 0 Å². The molecule has 2 rings (SSSR count). The number of nitrogens with zero attached hydrogens (tertiary/aromatic N) is 1. The fourth-order valence-electron chi connectivity index (χ4n) is 2.89. The third kappa shape index (κ3) is 4.44. The second-order valence-corrected chi connectivity index (χ2v) is 5.82. The summed E-state index contributed by atoms with van der Waals surface area (Å²) in [6.07, 6.45) is 6.92. The lowest BCUT2D eigenvalue weighted by atomic mass is 10.1. The number of amides is 1. The van der Waals surface area contributed by atoms with Crippen LogP contribution < -0.4 is 10.6 Å². The largest absolute Gasteiger partial charge is 0.376 e. The van der Waals surface area contributed by atoms with Crippen molar-refractivity contribution in [3.8, 4) is 0 Å². The molecule has 22 heavy (non-hydrogen) atoms. The summed E-state index contributed by atoms with van der Waals surface area (Å²) in [5.74, 6) is -0.0576. The molecule has 0 heterocycles. The van der Waals surface area contributed by atoms with Gasteiger partial charge in [0.05, 0.1) is 11.5 Å². The first-order chi connectivity index (χ1) is 10.6. The molecule has 0 aliphatic heterocycles. The Morgan fingerprint density at radius 3 is 2.59 bits per heavy atom. The highest BCUT2D eigenvalue weighted by molar-refractivity contribution is 5.81. The minimum atomic E-state index is -0.411. The molecule has 0 radical (unpaired) electrons. The quantitative estimate of drug-likeness (QED) is 0.497. The molecule has 1 aliphatic carbocycles. The lowest BCUT2D eigenvalue weighted by molar-refractivity contribution is -0.385. The van der Waals surface area contributed by atoms with E-state index in [-0.39, 0.29) is 24.2 Å². The monoisotopic (exact) mass is 305 g/mol. The first-order valence-electron chi connectivity index (χ1n) is 7.85. The van der Waals surface area contributed by atoms with E-state index in [0.717, 1.165) is 12.8 Å². The van der Waals surface area contributed by atoms with Gasteiger partial charge in [0.15, 0.2) is 0 Å². The molecule has 0 aromatic heterocycles. The van der Waals surface area contributed by atoms with Crippen molar-refractivity contribution in [1.82, 2.24) is 5.32 Å². The SMILES string of the molecule is Cc1c(NCC(=O)NC2CCCCCC2)cccc1[N+](=O)[O-]. The number of hydrogen-bond acceptors (Lipinski definition) is 4. The smallest absolute Gasteiger partial charge is 0.274 e. The van der Waals surface area contributed by atoms with E-state index in [1.54, 1.807) is 19.1 Å². The number of nitro benzene ring substituents is 1. The zero-order valence-corrected chi connectivity index (χ0v) is 12.9. The fraction of sp³-hybridized carbons (Fsp3) is 0.562. The van der Waals surface area contributed by atoms with E-state index in [4.69, 9.17) is 0 Å². The van der Waals surface area contributed by atoms with E-state index in [2.05, 4.69) is 10.6 Å². The Bertz CT molecular complexity index is 537. The minimum Gasteiger partial charge on any atom is -0.376 e. The van der Waals surface area contributed by atoms with Gasteiger partial charge < -0.3 is 10.6 Å².